The van der Waals surface area contributed by atoms with Crippen LogP contribution in [0.4, 0.5) is 11.5 Å². The lowest BCUT2D eigenvalue weighted by Crippen LogP contribution is -2.20. The van der Waals surface area contributed by atoms with Gasteiger partial charge >= 0.3 is 0 Å². The molecule has 1 N–H and O–H groups in total. The van der Waals surface area contributed by atoms with Crippen LogP contribution in [0.2, 0.25) is 0 Å². The molecule has 0 radical (unpaired) electrons. The van der Waals surface area contributed by atoms with Crippen molar-refractivity contribution in [2.75, 3.05) is 36.5 Å². The molecule has 5 nitrogen and oxygen atoms in total. The summed E-state index contributed by atoms with van der Waals surface area (Å²) in [6.07, 6.45) is 4.15. The van der Waals surface area contributed by atoms with E-state index in [2.05, 4.69) is 15.2 Å². The quantitative estimate of drug-likeness (QED) is 0.862. The Balaban J connectivity index is 1.88. The highest BCUT2D eigenvalue weighted by atomic mass is 16.5. The number of anilines is 2. The first-order chi connectivity index (χ1) is 8.79. The number of aromatic nitrogens is 1. The smallest absolute Gasteiger partial charge is 0.250 e. The zero-order chi connectivity index (χ0) is 12.8. The standard InChI is InChI=1S/C13H19N3O2/c1-2-18-10-13(17)15-11-5-6-12(14-9-11)16-7-3-4-8-16/h5-6,9H,2-4,7-8,10H2,1H3,(H,15,17). The van der Waals surface area contributed by atoms with E-state index in [0.29, 0.717) is 12.3 Å². The summed E-state index contributed by atoms with van der Waals surface area (Å²) in [5.41, 5.74) is 0.711. The molecule has 1 aliphatic rings. The van der Waals surface area contributed by atoms with Crippen molar-refractivity contribution in [3.63, 3.8) is 0 Å². The second kappa shape index (κ2) is 6.35. The monoisotopic (exact) mass is 249 g/mol. The summed E-state index contributed by atoms with van der Waals surface area (Å²) in [4.78, 5) is 18.1. The molecule has 0 aliphatic carbocycles. The molecule has 2 rings (SSSR count). The van der Waals surface area contributed by atoms with Gasteiger partial charge in [-0.25, -0.2) is 4.98 Å². The van der Waals surface area contributed by atoms with Crippen LogP contribution in [-0.2, 0) is 9.53 Å². The molecule has 1 saturated heterocycles. The third-order valence-corrected chi connectivity index (χ3v) is 2.90. The van der Waals surface area contributed by atoms with Crippen molar-refractivity contribution in [1.29, 1.82) is 0 Å². The largest absolute Gasteiger partial charge is 0.372 e. The van der Waals surface area contributed by atoms with E-state index in [0.717, 1.165) is 18.9 Å². The molecule has 1 fully saturated rings. The van der Waals surface area contributed by atoms with Gasteiger partial charge in [-0.15, -0.1) is 0 Å². The zero-order valence-electron chi connectivity index (χ0n) is 10.7. The minimum Gasteiger partial charge on any atom is -0.372 e. The fourth-order valence-corrected chi connectivity index (χ4v) is 1.99. The van der Waals surface area contributed by atoms with Gasteiger partial charge in [-0.3, -0.25) is 4.79 Å². The second-order valence-electron chi connectivity index (χ2n) is 4.28. The molecule has 0 spiro atoms. The van der Waals surface area contributed by atoms with E-state index in [-0.39, 0.29) is 12.5 Å². The van der Waals surface area contributed by atoms with Gasteiger partial charge < -0.3 is 15.0 Å². The van der Waals surface area contributed by atoms with E-state index >= 15 is 0 Å². The first kappa shape index (κ1) is 12.8. The fraction of sp³-hybridized carbons (Fsp3) is 0.538. The minimum atomic E-state index is -0.146. The lowest BCUT2D eigenvalue weighted by molar-refractivity contribution is -0.120. The van der Waals surface area contributed by atoms with Crippen molar-refractivity contribution >= 4 is 17.4 Å². The van der Waals surface area contributed by atoms with Gasteiger partial charge in [0, 0.05) is 19.7 Å². The Bertz CT molecular complexity index is 386. The Hall–Kier alpha value is -1.62. The molecule has 18 heavy (non-hydrogen) atoms. The van der Waals surface area contributed by atoms with Crippen LogP contribution in [0.25, 0.3) is 0 Å². The molecule has 98 valence electrons. The molecule has 0 aromatic carbocycles. The summed E-state index contributed by atoms with van der Waals surface area (Å²) in [6, 6.07) is 3.83. The minimum absolute atomic E-state index is 0.0877. The number of carbonyl (C=O) groups is 1. The van der Waals surface area contributed by atoms with Gasteiger partial charge in [-0.1, -0.05) is 0 Å². The molecule has 1 aliphatic heterocycles. The van der Waals surface area contributed by atoms with Gasteiger partial charge in [0.15, 0.2) is 0 Å². The van der Waals surface area contributed by atoms with Crippen LogP contribution in [0.5, 0.6) is 0 Å². The Morgan fingerprint density at radius 3 is 2.83 bits per heavy atom. The number of pyridine rings is 1. The fourth-order valence-electron chi connectivity index (χ4n) is 1.99. The number of carbonyl (C=O) groups excluding carboxylic acids is 1. The summed E-state index contributed by atoms with van der Waals surface area (Å²) in [5.74, 6) is 0.836. The normalized spacial score (nSPS) is 14.8. The predicted octanol–water partition coefficient (Wildman–Crippen LogP) is 1.66. The third-order valence-electron chi connectivity index (χ3n) is 2.90. The average molecular weight is 249 g/mol. The maximum Gasteiger partial charge on any atom is 0.250 e. The first-order valence-corrected chi connectivity index (χ1v) is 6.38. The van der Waals surface area contributed by atoms with Crippen molar-refractivity contribution in [3.05, 3.63) is 18.3 Å². The molecule has 0 unspecified atom stereocenters. The SMILES string of the molecule is CCOCC(=O)Nc1ccc(N2CCCC2)nc1. The molecule has 1 aromatic rings. The van der Waals surface area contributed by atoms with Crippen molar-refractivity contribution in [2.45, 2.75) is 19.8 Å². The summed E-state index contributed by atoms with van der Waals surface area (Å²) in [7, 11) is 0. The van der Waals surface area contributed by atoms with Gasteiger partial charge in [0.2, 0.25) is 5.91 Å². The Morgan fingerprint density at radius 2 is 2.22 bits per heavy atom. The van der Waals surface area contributed by atoms with Crippen LogP contribution in [-0.4, -0.2) is 37.2 Å². The van der Waals surface area contributed by atoms with Crippen LogP contribution in [0, 0.1) is 0 Å². The van der Waals surface area contributed by atoms with E-state index in [1.807, 2.05) is 19.1 Å². The maximum atomic E-state index is 11.4. The number of nitrogens with zero attached hydrogens (tertiary/aromatic N) is 2. The lowest BCUT2D eigenvalue weighted by Gasteiger charge is -2.16. The van der Waals surface area contributed by atoms with Gasteiger partial charge in [-0.05, 0) is 31.9 Å². The predicted molar refractivity (Wildman–Crippen MR) is 70.8 cm³/mol. The van der Waals surface area contributed by atoms with Gasteiger partial charge in [0.1, 0.15) is 12.4 Å². The Labute approximate surface area is 107 Å². The summed E-state index contributed by atoms with van der Waals surface area (Å²) < 4.78 is 5.03. The van der Waals surface area contributed by atoms with Crippen molar-refractivity contribution < 1.29 is 9.53 Å². The number of amides is 1. The highest BCUT2D eigenvalue weighted by Crippen LogP contribution is 2.18. The molecule has 1 aromatic heterocycles. The Morgan fingerprint density at radius 1 is 1.44 bits per heavy atom. The highest BCUT2D eigenvalue weighted by Gasteiger charge is 2.13. The number of rotatable bonds is 5. The highest BCUT2D eigenvalue weighted by molar-refractivity contribution is 5.91. The van der Waals surface area contributed by atoms with Crippen LogP contribution in [0.15, 0.2) is 18.3 Å². The zero-order valence-corrected chi connectivity index (χ0v) is 10.7. The van der Waals surface area contributed by atoms with E-state index in [1.165, 1.54) is 12.8 Å². The van der Waals surface area contributed by atoms with E-state index in [1.54, 1.807) is 6.20 Å². The van der Waals surface area contributed by atoms with E-state index < -0.39 is 0 Å². The summed E-state index contributed by atoms with van der Waals surface area (Å²) >= 11 is 0. The molecule has 5 heteroatoms. The maximum absolute atomic E-state index is 11.4. The van der Waals surface area contributed by atoms with Crippen LogP contribution in [0.3, 0.4) is 0 Å². The first-order valence-electron chi connectivity index (χ1n) is 6.38. The summed E-state index contributed by atoms with van der Waals surface area (Å²) in [6.45, 7) is 4.63. The number of ether oxygens (including phenoxy) is 1. The molecule has 0 bridgehead atoms. The molecule has 1 amide bonds. The van der Waals surface area contributed by atoms with Crippen LogP contribution >= 0.6 is 0 Å². The van der Waals surface area contributed by atoms with Crippen molar-refractivity contribution in [1.82, 2.24) is 4.98 Å². The molecular formula is C13H19N3O2. The molecule has 2 heterocycles. The molecular weight excluding hydrogens is 230 g/mol. The lowest BCUT2D eigenvalue weighted by atomic mass is 10.4. The van der Waals surface area contributed by atoms with E-state index in [4.69, 9.17) is 4.74 Å². The van der Waals surface area contributed by atoms with Crippen molar-refractivity contribution in [3.8, 4) is 0 Å². The third kappa shape index (κ3) is 3.43. The second-order valence-corrected chi connectivity index (χ2v) is 4.28. The Kier molecular flexibility index (Phi) is 4.52. The van der Waals surface area contributed by atoms with Crippen molar-refractivity contribution in [2.24, 2.45) is 0 Å². The average Bonchev–Trinajstić information content (AvgIpc) is 2.91. The van der Waals surface area contributed by atoms with Crippen LogP contribution in [0.1, 0.15) is 19.8 Å². The van der Waals surface area contributed by atoms with Gasteiger partial charge in [0.25, 0.3) is 0 Å². The van der Waals surface area contributed by atoms with Crippen LogP contribution < -0.4 is 10.2 Å². The number of hydrogen-bond donors (Lipinski definition) is 1. The molecule has 0 saturated carbocycles. The molecule has 0 atom stereocenters. The van der Waals surface area contributed by atoms with E-state index in [9.17, 15) is 4.79 Å². The van der Waals surface area contributed by atoms with Gasteiger partial charge in [-0.2, -0.15) is 0 Å². The topological polar surface area (TPSA) is 54.5 Å². The number of hydrogen-bond acceptors (Lipinski definition) is 4. The number of nitrogens with one attached hydrogen (secondary N) is 1. The van der Waals surface area contributed by atoms with Gasteiger partial charge in [0.05, 0.1) is 11.9 Å². The summed E-state index contributed by atoms with van der Waals surface area (Å²) in [5, 5.41) is 2.75.